The van der Waals surface area contributed by atoms with E-state index in [2.05, 4.69) is 98.8 Å². The Labute approximate surface area is 350 Å². The van der Waals surface area contributed by atoms with Gasteiger partial charge in [-0.25, -0.2) is 16.8 Å². The standard InChI is InChI=1S/C52H42N2O4S2/c1-31-11-19-39(20-12-31)59(55,56)53-27-47-33(3)23-45-37-17-15-36-8-6-10-42(44(36)25-37)52-46(38-18-16-35-7-5-9-41(43(35)26-38)51(45)49(47)29-53)24-34(4)48-28-54(30-50(48)52)60(57,58)40-21-13-32(2)14-22-40/h5-26H,27-30H2,1-4H3. The fourth-order valence-electron chi connectivity index (χ4n) is 9.91. The van der Waals surface area contributed by atoms with E-state index in [0.29, 0.717) is 22.9 Å². The monoisotopic (exact) mass is 822 g/mol. The number of hydrogen-bond acceptors (Lipinski definition) is 4. The molecule has 9 aromatic carbocycles. The van der Waals surface area contributed by atoms with Gasteiger partial charge in [-0.15, -0.1) is 0 Å². The molecule has 0 saturated carbocycles. The summed E-state index contributed by atoms with van der Waals surface area (Å²) in [5, 5.41) is 12.7. The Bertz CT molecular complexity index is 3380. The van der Waals surface area contributed by atoms with Crippen molar-refractivity contribution in [1.29, 1.82) is 0 Å². The Hall–Kier alpha value is -5.90. The molecule has 2 aliphatic rings. The average Bonchev–Trinajstić information content (AvgIpc) is 3.91. The van der Waals surface area contributed by atoms with Crippen molar-refractivity contribution in [2.45, 2.75) is 63.7 Å². The summed E-state index contributed by atoms with van der Waals surface area (Å²) in [6, 6.07) is 44.9. The molecule has 0 aliphatic carbocycles. The van der Waals surface area contributed by atoms with Gasteiger partial charge in [0.2, 0.25) is 20.0 Å². The molecule has 60 heavy (non-hydrogen) atoms. The van der Waals surface area contributed by atoms with Crippen LogP contribution in [0.1, 0.15) is 44.5 Å². The summed E-state index contributed by atoms with van der Waals surface area (Å²) in [6.45, 7) is 9.26. The topological polar surface area (TPSA) is 74.8 Å². The molecule has 2 heterocycles. The van der Waals surface area contributed by atoms with Crippen molar-refractivity contribution in [2.75, 3.05) is 0 Å². The predicted molar refractivity (Wildman–Crippen MR) is 245 cm³/mol. The molecule has 296 valence electrons. The highest BCUT2D eigenvalue weighted by Gasteiger charge is 2.35. The molecule has 0 atom stereocenters. The lowest BCUT2D eigenvalue weighted by Gasteiger charge is -2.16. The largest absolute Gasteiger partial charge is 0.243 e. The fraction of sp³-hybridized carbons (Fsp3) is 0.154. The molecule has 6 nitrogen and oxygen atoms in total. The number of nitrogens with zero attached hydrogens (tertiary/aromatic N) is 2. The van der Waals surface area contributed by atoms with Gasteiger partial charge in [-0.05, 0) is 162 Å². The molecule has 0 saturated heterocycles. The van der Waals surface area contributed by atoms with Crippen LogP contribution in [0.5, 0.6) is 0 Å². The second-order valence-electron chi connectivity index (χ2n) is 16.8. The third-order valence-corrected chi connectivity index (χ3v) is 16.7. The molecule has 0 fully saturated rings. The Kier molecular flexibility index (Phi) is 8.23. The van der Waals surface area contributed by atoms with Crippen molar-refractivity contribution in [1.82, 2.24) is 8.61 Å². The smallest absolute Gasteiger partial charge is 0.207 e. The quantitative estimate of drug-likeness (QED) is 0.177. The molecule has 9 aromatic rings. The van der Waals surface area contributed by atoms with Crippen LogP contribution in [-0.4, -0.2) is 25.4 Å². The lowest BCUT2D eigenvalue weighted by molar-refractivity contribution is 0.431. The number of benzene rings is 8. The van der Waals surface area contributed by atoms with E-state index >= 15 is 0 Å². The van der Waals surface area contributed by atoms with E-state index < -0.39 is 20.0 Å². The number of aryl methyl sites for hydroxylation is 4. The van der Waals surface area contributed by atoms with Gasteiger partial charge in [0.05, 0.1) is 9.79 Å². The zero-order valence-corrected chi connectivity index (χ0v) is 35.5. The molecular formula is C52H42N2O4S2. The minimum absolute atomic E-state index is 0.265. The van der Waals surface area contributed by atoms with Crippen LogP contribution >= 0.6 is 0 Å². The molecule has 0 spiro atoms. The first kappa shape index (κ1) is 37.1. The van der Waals surface area contributed by atoms with Crippen molar-refractivity contribution in [2.24, 2.45) is 0 Å². The van der Waals surface area contributed by atoms with E-state index in [9.17, 15) is 16.8 Å². The van der Waals surface area contributed by atoms with E-state index in [4.69, 9.17) is 0 Å². The minimum atomic E-state index is -3.77. The van der Waals surface area contributed by atoms with E-state index in [-0.39, 0.29) is 13.1 Å². The lowest BCUT2D eigenvalue weighted by atomic mass is 9.89. The molecule has 2 aliphatic heterocycles. The van der Waals surface area contributed by atoms with Gasteiger partial charge in [-0.2, -0.15) is 8.61 Å². The van der Waals surface area contributed by atoms with Crippen LogP contribution in [0.15, 0.2) is 143 Å². The van der Waals surface area contributed by atoms with Crippen LogP contribution in [-0.2, 0) is 46.2 Å². The third-order valence-electron chi connectivity index (χ3n) is 13.1. The first-order valence-electron chi connectivity index (χ1n) is 20.4. The highest BCUT2D eigenvalue weighted by atomic mass is 32.2. The summed E-state index contributed by atoms with van der Waals surface area (Å²) >= 11 is 0. The van der Waals surface area contributed by atoms with Crippen LogP contribution in [0.4, 0.5) is 0 Å². The summed E-state index contributed by atoms with van der Waals surface area (Å²) in [6.07, 6.45) is 0. The molecule has 0 radical (unpaired) electrons. The van der Waals surface area contributed by atoms with E-state index in [1.165, 1.54) is 0 Å². The maximum Gasteiger partial charge on any atom is 0.243 e. The number of rotatable bonds is 4. The maximum absolute atomic E-state index is 14.3. The van der Waals surface area contributed by atoms with Gasteiger partial charge in [0.1, 0.15) is 0 Å². The van der Waals surface area contributed by atoms with Gasteiger partial charge >= 0.3 is 0 Å². The van der Waals surface area contributed by atoms with Crippen molar-refractivity contribution < 1.29 is 16.8 Å². The first-order chi connectivity index (χ1) is 28.9. The van der Waals surface area contributed by atoms with E-state index in [0.717, 1.165) is 109 Å². The zero-order chi connectivity index (χ0) is 41.2. The Morgan fingerprint density at radius 1 is 0.367 bits per heavy atom. The van der Waals surface area contributed by atoms with Gasteiger partial charge in [0, 0.05) is 26.2 Å². The normalized spacial score (nSPS) is 14.9. The second-order valence-corrected chi connectivity index (χ2v) is 20.7. The average molecular weight is 823 g/mol. The van der Waals surface area contributed by atoms with E-state index in [1.54, 1.807) is 32.9 Å². The lowest BCUT2D eigenvalue weighted by Crippen LogP contribution is -2.25. The molecule has 8 heteroatoms. The summed E-state index contributed by atoms with van der Waals surface area (Å²) in [5.41, 5.74) is 8.31. The van der Waals surface area contributed by atoms with Crippen LogP contribution < -0.4 is 0 Å². The van der Waals surface area contributed by atoms with Gasteiger partial charge in [-0.3, -0.25) is 0 Å². The van der Waals surface area contributed by atoms with Crippen molar-refractivity contribution in [3.63, 3.8) is 0 Å². The summed E-state index contributed by atoms with van der Waals surface area (Å²) in [5.74, 6) is 0. The summed E-state index contributed by atoms with van der Waals surface area (Å²) in [4.78, 5) is 0.603. The van der Waals surface area contributed by atoms with Crippen LogP contribution in [0.25, 0.3) is 64.6 Å². The molecule has 0 aromatic heterocycles. The van der Waals surface area contributed by atoms with Crippen LogP contribution in [0, 0.1) is 27.7 Å². The van der Waals surface area contributed by atoms with Crippen molar-refractivity contribution in [3.8, 4) is 0 Å². The van der Waals surface area contributed by atoms with E-state index in [1.807, 2.05) is 38.1 Å². The summed E-state index contributed by atoms with van der Waals surface area (Å²) in [7, 11) is -7.54. The molecule has 11 rings (SSSR count). The maximum atomic E-state index is 14.3. The first-order valence-corrected chi connectivity index (χ1v) is 23.3. The van der Waals surface area contributed by atoms with Crippen molar-refractivity contribution in [3.05, 3.63) is 178 Å². The summed E-state index contributed by atoms with van der Waals surface area (Å²) < 4.78 is 60.3. The predicted octanol–water partition coefficient (Wildman–Crippen LogP) is 11.8. The van der Waals surface area contributed by atoms with Crippen molar-refractivity contribution >= 4 is 84.7 Å². The molecule has 0 N–H and O–H groups in total. The zero-order valence-electron chi connectivity index (χ0n) is 33.9. The Balaban J connectivity index is 1.24. The van der Waals surface area contributed by atoms with Gasteiger partial charge < -0.3 is 0 Å². The molecule has 0 unspecified atom stereocenters. The SMILES string of the molecule is Cc1ccc(S(=O)(=O)N2Cc3c(C)cc4c5ccc6cccc(c6c5)c5c6c(c(C)cc5c5ccc7cccc(c7c5)c4c3C2)CN(S(=O)(=O)c2ccc(C)cc2)C6)cc1. The number of fused-ring (bicyclic) bond motifs is 12. The van der Waals surface area contributed by atoms with Crippen LogP contribution in [0.2, 0.25) is 0 Å². The number of hydrogen-bond donors (Lipinski definition) is 0. The third kappa shape index (κ3) is 5.58. The fourth-order valence-corrected chi connectivity index (χ4v) is 12.7. The Morgan fingerprint density at radius 3 is 1.13 bits per heavy atom. The highest BCUT2D eigenvalue weighted by Crippen LogP contribution is 2.44. The second kappa shape index (κ2) is 13.3. The van der Waals surface area contributed by atoms with Gasteiger partial charge in [-0.1, -0.05) is 108 Å². The van der Waals surface area contributed by atoms with Gasteiger partial charge in [0.25, 0.3) is 0 Å². The minimum Gasteiger partial charge on any atom is -0.207 e. The van der Waals surface area contributed by atoms with Crippen LogP contribution in [0.3, 0.4) is 0 Å². The Morgan fingerprint density at radius 2 is 0.733 bits per heavy atom. The van der Waals surface area contributed by atoms with Gasteiger partial charge in [0.15, 0.2) is 0 Å². The molecule has 4 bridgehead atoms. The highest BCUT2D eigenvalue weighted by molar-refractivity contribution is 7.89. The molecule has 0 amide bonds. The number of sulfonamides is 2. The molecular weight excluding hydrogens is 781 g/mol.